The Hall–Kier alpha value is -0.0700. The van der Waals surface area contributed by atoms with Gasteiger partial charge in [0.2, 0.25) is 5.91 Å². The molecule has 0 bridgehead atoms. The van der Waals surface area contributed by atoms with Crippen molar-refractivity contribution in [1.29, 1.82) is 0 Å². The predicted molar refractivity (Wildman–Crippen MR) is 84.7 cm³/mol. The van der Waals surface area contributed by atoms with E-state index in [0.717, 1.165) is 39.0 Å². The van der Waals surface area contributed by atoms with Crippen LogP contribution in [0.4, 0.5) is 0 Å². The largest absolute Gasteiger partial charge is 0.373 e. The van der Waals surface area contributed by atoms with E-state index in [0.29, 0.717) is 6.04 Å². The van der Waals surface area contributed by atoms with E-state index in [1.807, 2.05) is 4.90 Å². The van der Waals surface area contributed by atoms with Crippen molar-refractivity contribution in [3.8, 4) is 0 Å². The van der Waals surface area contributed by atoms with E-state index in [1.54, 1.807) is 0 Å². The summed E-state index contributed by atoms with van der Waals surface area (Å²) >= 11 is 0. The smallest absolute Gasteiger partial charge is 0.236 e. The van der Waals surface area contributed by atoms with Gasteiger partial charge in [0.25, 0.3) is 0 Å². The lowest BCUT2D eigenvalue weighted by atomic mass is 10.1. The molecule has 3 atom stereocenters. The number of morpholine rings is 1. The van der Waals surface area contributed by atoms with E-state index < -0.39 is 0 Å². The maximum atomic E-state index is 11.8. The van der Waals surface area contributed by atoms with E-state index in [-0.39, 0.29) is 49.5 Å². The third kappa shape index (κ3) is 5.04. The molecule has 0 aromatic rings. The van der Waals surface area contributed by atoms with Crippen molar-refractivity contribution in [3.63, 3.8) is 0 Å². The molecule has 2 aliphatic heterocycles. The van der Waals surface area contributed by atoms with Crippen LogP contribution >= 0.6 is 24.8 Å². The molecule has 2 rings (SSSR count). The van der Waals surface area contributed by atoms with Gasteiger partial charge in [-0.15, -0.1) is 24.8 Å². The molecule has 20 heavy (non-hydrogen) atoms. The molecule has 7 heteroatoms. The Kier molecular flexibility index (Phi) is 9.02. The fourth-order valence-electron chi connectivity index (χ4n) is 3.20. The van der Waals surface area contributed by atoms with Gasteiger partial charge < -0.3 is 15.4 Å². The molecular weight excluding hydrogens is 301 g/mol. The summed E-state index contributed by atoms with van der Waals surface area (Å²) in [5.74, 6) is 0.0897. The minimum Gasteiger partial charge on any atom is -0.373 e. The summed E-state index contributed by atoms with van der Waals surface area (Å²) in [6.45, 7) is 8.11. The van der Waals surface area contributed by atoms with E-state index >= 15 is 0 Å². The van der Waals surface area contributed by atoms with Crippen molar-refractivity contribution in [3.05, 3.63) is 0 Å². The van der Waals surface area contributed by atoms with E-state index in [4.69, 9.17) is 10.5 Å². The second kappa shape index (κ2) is 9.05. The lowest BCUT2D eigenvalue weighted by molar-refractivity contribution is -0.131. The summed E-state index contributed by atoms with van der Waals surface area (Å²) in [5, 5.41) is 0. The fraction of sp³-hybridized carbons (Fsp3) is 0.923. The third-order valence-electron chi connectivity index (χ3n) is 3.84. The second-order valence-electron chi connectivity index (χ2n) is 5.56. The zero-order chi connectivity index (χ0) is 13.1. The number of carbonyl (C=O) groups is 1. The number of likely N-dealkylation sites (tertiary alicyclic amines) is 1. The molecule has 2 saturated heterocycles. The van der Waals surface area contributed by atoms with Crippen molar-refractivity contribution >= 4 is 30.7 Å². The highest BCUT2D eigenvalue weighted by atomic mass is 35.5. The number of carbonyl (C=O) groups excluding carboxylic acids is 1. The van der Waals surface area contributed by atoms with E-state index in [1.165, 1.54) is 0 Å². The second-order valence-corrected chi connectivity index (χ2v) is 5.56. The van der Waals surface area contributed by atoms with Crippen LogP contribution in [0.25, 0.3) is 0 Å². The first-order valence-corrected chi connectivity index (χ1v) is 6.97. The number of nitrogens with zero attached hydrogens (tertiary/aromatic N) is 2. The summed E-state index contributed by atoms with van der Waals surface area (Å²) < 4.78 is 5.73. The molecule has 2 N–H and O–H groups in total. The molecule has 5 nitrogen and oxygen atoms in total. The predicted octanol–water partition coefficient (Wildman–Crippen LogP) is 0.889. The van der Waals surface area contributed by atoms with Crippen molar-refractivity contribution < 1.29 is 9.53 Å². The normalized spacial score (nSPS) is 30.6. The summed E-state index contributed by atoms with van der Waals surface area (Å²) in [5.41, 5.74) is 5.47. The maximum absolute atomic E-state index is 11.8. The Morgan fingerprint density at radius 3 is 2.40 bits per heavy atom. The van der Waals surface area contributed by atoms with Gasteiger partial charge >= 0.3 is 0 Å². The fourth-order valence-corrected chi connectivity index (χ4v) is 3.20. The Bertz CT molecular complexity index is 297. The molecule has 120 valence electrons. The van der Waals surface area contributed by atoms with Crippen molar-refractivity contribution in [2.75, 3.05) is 32.7 Å². The molecular formula is C13H27Cl2N3O2. The number of rotatable bonds is 3. The molecule has 0 aromatic heterocycles. The zero-order valence-electron chi connectivity index (χ0n) is 12.3. The van der Waals surface area contributed by atoms with Crippen LogP contribution in [0.2, 0.25) is 0 Å². The Morgan fingerprint density at radius 2 is 1.85 bits per heavy atom. The maximum Gasteiger partial charge on any atom is 0.236 e. The molecule has 0 spiro atoms. The van der Waals surface area contributed by atoms with Crippen LogP contribution in [0, 0.1) is 0 Å². The van der Waals surface area contributed by atoms with E-state index in [9.17, 15) is 4.79 Å². The summed E-state index contributed by atoms with van der Waals surface area (Å²) in [6.07, 6.45) is 2.78. The molecule has 3 unspecified atom stereocenters. The van der Waals surface area contributed by atoms with E-state index in [2.05, 4.69) is 18.7 Å². The average molecular weight is 328 g/mol. The number of ether oxygens (including phenoxy) is 1. The Labute approximate surface area is 134 Å². The first-order valence-electron chi connectivity index (χ1n) is 6.97. The van der Waals surface area contributed by atoms with Gasteiger partial charge in [-0.25, -0.2) is 0 Å². The van der Waals surface area contributed by atoms with Gasteiger partial charge in [-0.05, 0) is 26.7 Å². The van der Waals surface area contributed by atoms with Gasteiger partial charge in [0.15, 0.2) is 0 Å². The van der Waals surface area contributed by atoms with Crippen molar-refractivity contribution in [2.45, 2.75) is 44.9 Å². The highest BCUT2D eigenvalue weighted by Gasteiger charge is 2.31. The highest BCUT2D eigenvalue weighted by Crippen LogP contribution is 2.20. The first kappa shape index (κ1) is 19.9. The van der Waals surface area contributed by atoms with Gasteiger partial charge in [0, 0.05) is 32.2 Å². The van der Waals surface area contributed by atoms with Gasteiger partial charge in [-0.1, -0.05) is 0 Å². The van der Waals surface area contributed by atoms with Crippen LogP contribution in [0.3, 0.4) is 0 Å². The minimum absolute atomic E-state index is 0. The Morgan fingerprint density at radius 1 is 1.25 bits per heavy atom. The van der Waals surface area contributed by atoms with Crippen LogP contribution in [0.1, 0.15) is 26.7 Å². The van der Waals surface area contributed by atoms with Gasteiger partial charge in [0.05, 0.1) is 18.8 Å². The minimum atomic E-state index is 0. The number of hydrogen-bond acceptors (Lipinski definition) is 4. The molecule has 2 heterocycles. The SMILES string of the molecule is CC1CN(CC2CCCN2C(=O)CN)CC(C)O1.Cl.Cl. The zero-order valence-corrected chi connectivity index (χ0v) is 13.9. The standard InChI is InChI=1S/C13H25N3O2.2ClH/c1-10-7-15(8-11(2)18-10)9-12-4-3-5-16(12)13(17)6-14;;/h10-12H,3-9,14H2,1-2H3;2*1H. The van der Waals surface area contributed by atoms with Gasteiger partial charge in [-0.3, -0.25) is 9.69 Å². The lowest BCUT2D eigenvalue weighted by Gasteiger charge is -2.38. The lowest BCUT2D eigenvalue weighted by Crippen LogP contribution is -2.51. The summed E-state index contributed by atoms with van der Waals surface area (Å²) in [4.78, 5) is 16.1. The molecule has 1 amide bonds. The highest BCUT2D eigenvalue weighted by molar-refractivity contribution is 5.85. The molecule has 0 aromatic carbocycles. The number of halogens is 2. The molecule has 0 aliphatic carbocycles. The number of amides is 1. The third-order valence-corrected chi connectivity index (χ3v) is 3.84. The Balaban J connectivity index is 0.00000180. The summed E-state index contributed by atoms with van der Waals surface area (Å²) in [7, 11) is 0. The van der Waals surface area contributed by atoms with Crippen LogP contribution in [-0.2, 0) is 9.53 Å². The topological polar surface area (TPSA) is 58.8 Å². The van der Waals surface area contributed by atoms with Crippen molar-refractivity contribution in [1.82, 2.24) is 9.80 Å². The van der Waals surface area contributed by atoms with Crippen LogP contribution in [0.5, 0.6) is 0 Å². The molecule has 0 saturated carbocycles. The van der Waals surface area contributed by atoms with Gasteiger partial charge in [0.1, 0.15) is 0 Å². The average Bonchev–Trinajstić information content (AvgIpc) is 2.74. The number of hydrogen-bond donors (Lipinski definition) is 1. The van der Waals surface area contributed by atoms with Crippen molar-refractivity contribution in [2.24, 2.45) is 5.73 Å². The molecule has 0 radical (unpaired) electrons. The van der Waals surface area contributed by atoms with Crippen LogP contribution in [0.15, 0.2) is 0 Å². The quantitative estimate of drug-likeness (QED) is 0.836. The molecule has 2 fully saturated rings. The first-order chi connectivity index (χ1) is 8.60. The van der Waals surface area contributed by atoms with Gasteiger partial charge in [-0.2, -0.15) is 0 Å². The molecule has 2 aliphatic rings. The summed E-state index contributed by atoms with van der Waals surface area (Å²) in [6, 6.07) is 0.346. The van der Waals surface area contributed by atoms with Crippen LogP contribution < -0.4 is 5.73 Å². The monoisotopic (exact) mass is 327 g/mol. The number of nitrogens with two attached hydrogens (primary N) is 1. The van der Waals surface area contributed by atoms with Crippen LogP contribution in [-0.4, -0.2) is 66.7 Å².